The Bertz CT molecular complexity index is 322. The minimum Gasteiger partial charge on any atom is -0.271 e. The number of hydrazine groups is 1. The molecule has 0 heterocycles. The fraction of sp³-hybridized carbons (Fsp3) is 0.500. The number of halogens is 2. The van der Waals surface area contributed by atoms with Crippen LogP contribution in [0.15, 0.2) is 18.2 Å². The first-order valence-electron chi connectivity index (χ1n) is 5.49. The highest BCUT2D eigenvalue weighted by Crippen LogP contribution is 2.18. The van der Waals surface area contributed by atoms with E-state index in [1.54, 1.807) is 0 Å². The molecule has 1 rings (SSSR count). The van der Waals surface area contributed by atoms with Crippen molar-refractivity contribution < 1.29 is 8.78 Å². The number of hydrogen-bond acceptors (Lipinski definition) is 2. The van der Waals surface area contributed by atoms with E-state index >= 15 is 0 Å². The van der Waals surface area contributed by atoms with E-state index in [0.29, 0.717) is 0 Å². The van der Waals surface area contributed by atoms with Crippen LogP contribution < -0.4 is 11.3 Å². The van der Waals surface area contributed by atoms with Crippen LogP contribution in [-0.4, -0.2) is 6.04 Å². The Morgan fingerprint density at radius 3 is 2.31 bits per heavy atom. The SMILES string of the molecule is CCC(C)C(Cc1c(F)cccc1F)NN. The van der Waals surface area contributed by atoms with Crippen molar-refractivity contribution in [3.63, 3.8) is 0 Å². The molecule has 0 aromatic heterocycles. The lowest BCUT2D eigenvalue weighted by atomic mass is 9.93. The van der Waals surface area contributed by atoms with Gasteiger partial charge in [0.2, 0.25) is 0 Å². The van der Waals surface area contributed by atoms with Gasteiger partial charge in [0.15, 0.2) is 0 Å². The Labute approximate surface area is 94.8 Å². The first-order valence-corrected chi connectivity index (χ1v) is 5.49. The van der Waals surface area contributed by atoms with E-state index in [2.05, 4.69) is 5.43 Å². The van der Waals surface area contributed by atoms with Crippen molar-refractivity contribution in [3.05, 3.63) is 35.4 Å². The maximum atomic E-state index is 13.4. The Morgan fingerprint density at radius 1 is 1.31 bits per heavy atom. The van der Waals surface area contributed by atoms with Gasteiger partial charge in [-0.15, -0.1) is 0 Å². The zero-order chi connectivity index (χ0) is 12.1. The van der Waals surface area contributed by atoms with Crippen molar-refractivity contribution in [1.29, 1.82) is 0 Å². The first kappa shape index (κ1) is 13.1. The minimum atomic E-state index is -0.511. The van der Waals surface area contributed by atoms with Gasteiger partial charge in [0, 0.05) is 11.6 Å². The van der Waals surface area contributed by atoms with Gasteiger partial charge < -0.3 is 0 Å². The van der Waals surface area contributed by atoms with Crippen LogP contribution >= 0.6 is 0 Å². The van der Waals surface area contributed by atoms with Crippen molar-refractivity contribution >= 4 is 0 Å². The molecular formula is C12H18F2N2. The number of nitrogens with two attached hydrogens (primary N) is 1. The van der Waals surface area contributed by atoms with E-state index in [1.807, 2.05) is 13.8 Å². The lowest BCUT2D eigenvalue weighted by Crippen LogP contribution is -2.41. The second-order valence-electron chi connectivity index (χ2n) is 4.06. The molecule has 4 heteroatoms. The third-order valence-electron chi connectivity index (χ3n) is 3.03. The zero-order valence-electron chi connectivity index (χ0n) is 9.63. The Balaban J connectivity index is 2.85. The molecule has 0 fully saturated rings. The maximum Gasteiger partial charge on any atom is 0.129 e. The Morgan fingerprint density at radius 2 is 1.88 bits per heavy atom. The fourth-order valence-electron chi connectivity index (χ4n) is 1.66. The summed E-state index contributed by atoms with van der Waals surface area (Å²) in [5, 5.41) is 0. The van der Waals surface area contributed by atoms with Crippen molar-refractivity contribution in [2.45, 2.75) is 32.7 Å². The van der Waals surface area contributed by atoms with Crippen LogP contribution in [0.4, 0.5) is 8.78 Å². The molecule has 0 aliphatic rings. The van der Waals surface area contributed by atoms with Gasteiger partial charge >= 0.3 is 0 Å². The highest BCUT2D eigenvalue weighted by atomic mass is 19.1. The van der Waals surface area contributed by atoms with Crippen LogP contribution in [0, 0.1) is 17.6 Å². The van der Waals surface area contributed by atoms with Gasteiger partial charge in [-0.2, -0.15) is 0 Å². The molecule has 0 spiro atoms. The first-order chi connectivity index (χ1) is 7.60. The summed E-state index contributed by atoms with van der Waals surface area (Å²) < 4.78 is 26.8. The third kappa shape index (κ3) is 3.00. The van der Waals surface area contributed by atoms with E-state index in [9.17, 15) is 8.78 Å². The zero-order valence-corrected chi connectivity index (χ0v) is 9.63. The van der Waals surface area contributed by atoms with Gasteiger partial charge in [-0.05, 0) is 24.5 Å². The molecule has 1 aromatic carbocycles. The van der Waals surface area contributed by atoms with Crippen LogP contribution in [0.3, 0.4) is 0 Å². The highest BCUT2D eigenvalue weighted by molar-refractivity contribution is 5.20. The third-order valence-corrected chi connectivity index (χ3v) is 3.03. The van der Waals surface area contributed by atoms with Crippen LogP contribution in [0.25, 0.3) is 0 Å². The van der Waals surface area contributed by atoms with Crippen LogP contribution in [-0.2, 0) is 6.42 Å². The summed E-state index contributed by atoms with van der Waals surface area (Å²) in [6, 6.07) is 3.78. The molecule has 2 nitrogen and oxygen atoms in total. The van der Waals surface area contributed by atoms with Gasteiger partial charge in [0.1, 0.15) is 11.6 Å². The molecule has 0 aliphatic carbocycles. The number of rotatable bonds is 5. The molecule has 0 amide bonds. The number of benzene rings is 1. The predicted octanol–water partition coefficient (Wildman–Crippen LogP) is 2.39. The minimum absolute atomic E-state index is 0.103. The summed E-state index contributed by atoms with van der Waals surface area (Å²) in [4.78, 5) is 0. The lowest BCUT2D eigenvalue weighted by molar-refractivity contribution is 0.361. The average molecular weight is 228 g/mol. The molecule has 16 heavy (non-hydrogen) atoms. The molecule has 2 atom stereocenters. The second kappa shape index (κ2) is 5.92. The smallest absolute Gasteiger partial charge is 0.129 e. The van der Waals surface area contributed by atoms with E-state index in [1.165, 1.54) is 18.2 Å². The molecule has 2 unspecified atom stereocenters. The van der Waals surface area contributed by atoms with E-state index in [-0.39, 0.29) is 23.9 Å². The topological polar surface area (TPSA) is 38.0 Å². The van der Waals surface area contributed by atoms with Gasteiger partial charge in [0.05, 0.1) is 0 Å². The summed E-state index contributed by atoms with van der Waals surface area (Å²) in [6.45, 7) is 4.02. The van der Waals surface area contributed by atoms with E-state index in [0.717, 1.165) is 6.42 Å². The molecule has 0 bridgehead atoms. The highest BCUT2D eigenvalue weighted by Gasteiger charge is 2.18. The lowest BCUT2D eigenvalue weighted by Gasteiger charge is -2.22. The molecular weight excluding hydrogens is 210 g/mol. The normalized spacial score (nSPS) is 14.8. The second-order valence-corrected chi connectivity index (χ2v) is 4.06. The average Bonchev–Trinajstić information content (AvgIpc) is 2.28. The Kier molecular flexibility index (Phi) is 4.83. The van der Waals surface area contributed by atoms with Crippen LogP contribution in [0.1, 0.15) is 25.8 Å². The van der Waals surface area contributed by atoms with Gasteiger partial charge in [-0.3, -0.25) is 11.3 Å². The molecule has 1 aromatic rings. The molecule has 3 N–H and O–H groups in total. The van der Waals surface area contributed by atoms with Crippen molar-refractivity contribution in [3.8, 4) is 0 Å². The summed E-state index contributed by atoms with van der Waals surface area (Å²) in [7, 11) is 0. The van der Waals surface area contributed by atoms with Gasteiger partial charge in [-0.1, -0.05) is 26.3 Å². The van der Waals surface area contributed by atoms with E-state index in [4.69, 9.17) is 5.84 Å². The van der Waals surface area contributed by atoms with Crippen LogP contribution in [0.2, 0.25) is 0 Å². The molecule has 0 radical (unpaired) electrons. The number of hydrogen-bond donors (Lipinski definition) is 2. The summed E-state index contributed by atoms with van der Waals surface area (Å²) in [6.07, 6.45) is 1.18. The summed E-state index contributed by atoms with van der Waals surface area (Å²) in [5.74, 6) is 4.65. The predicted molar refractivity (Wildman–Crippen MR) is 60.6 cm³/mol. The quantitative estimate of drug-likeness (QED) is 0.600. The Hall–Kier alpha value is -1.00. The van der Waals surface area contributed by atoms with Crippen molar-refractivity contribution in [2.24, 2.45) is 11.8 Å². The monoisotopic (exact) mass is 228 g/mol. The standard InChI is InChI=1S/C12H18F2N2/c1-3-8(2)12(16-15)7-9-10(13)5-4-6-11(9)14/h4-6,8,12,16H,3,7,15H2,1-2H3. The van der Waals surface area contributed by atoms with Gasteiger partial charge in [0.25, 0.3) is 0 Å². The van der Waals surface area contributed by atoms with Gasteiger partial charge in [-0.25, -0.2) is 8.78 Å². The molecule has 90 valence electrons. The van der Waals surface area contributed by atoms with Crippen molar-refractivity contribution in [2.75, 3.05) is 0 Å². The summed E-state index contributed by atoms with van der Waals surface area (Å²) in [5.41, 5.74) is 2.72. The summed E-state index contributed by atoms with van der Waals surface area (Å²) >= 11 is 0. The molecule has 0 aliphatic heterocycles. The van der Waals surface area contributed by atoms with E-state index < -0.39 is 11.6 Å². The largest absolute Gasteiger partial charge is 0.271 e. The molecule has 0 saturated heterocycles. The van der Waals surface area contributed by atoms with Crippen molar-refractivity contribution in [1.82, 2.24) is 5.43 Å². The number of nitrogens with one attached hydrogen (secondary N) is 1. The maximum absolute atomic E-state index is 13.4. The fourth-order valence-corrected chi connectivity index (χ4v) is 1.66. The van der Waals surface area contributed by atoms with Crippen LogP contribution in [0.5, 0.6) is 0 Å². The molecule has 0 saturated carbocycles.